The molecular weight excluding hydrogens is 250 g/mol. The number of carboxylic acid groups (broad SMARTS) is 1. The van der Waals surface area contributed by atoms with E-state index < -0.39 is 11.4 Å². The molecule has 1 aliphatic carbocycles. The molecule has 0 amide bonds. The fraction of sp³-hybridized carbons (Fsp3) is 0.941. The first-order chi connectivity index (χ1) is 9.55. The van der Waals surface area contributed by atoms with Crippen LogP contribution in [0.3, 0.4) is 0 Å². The molecule has 1 atom stereocenters. The summed E-state index contributed by atoms with van der Waals surface area (Å²) < 4.78 is 0. The van der Waals surface area contributed by atoms with Gasteiger partial charge >= 0.3 is 5.97 Å². The van der Waals surface area contributed by atoms with E-state index in [4.69, 9.17) is 0 Å². The van der Waals surface area contributed by atoms with E-state index in [9.17, 15) is 9.90 Å². The molecule has 1 aliphatic heterocycles. The van der Waals surface area contributed by atoms with Crippen LogP contribution in [0.1, 0.15) is 65.2 Å². The van der Waals surface area contributed by atoms with E-state index in [1.54, 1.807) is 0 Å². The summed E-state index contributed by atoms with van der Waals surface area (Å²) in [7, 11) is 0. The molecule has 20 heavy (non-hydrogen) atoms. The first-order valence-electron chi connectivity index (χ1n) is 8.51. The van der Waals surface area contributed by atoms with Crippen molar-refractivity contribution >= 4 is 5.97 Å². The van der Waals surface area contributed by atoms with Crippen molar-refractivity contribution in [3.8, 4) is 0 Å². The molecule has 2 rings (SSSR count). The number of aliphatic carboxylic acids is 1. The van der Waals surface area contributed by atoms with Gasteiger partial charge in [-0.3, -0.25) is 4.79 Å². The number of hydrogen-bond acceptors (Lipinski definition) is 2. The van der Waals surface area contributed by atoms with Crippen LogP contribution < -0.4 is 0 Å². The van der Waals surface area contributed by atoms with Crippen LogP contribution in [-0.4, -0.2) is 35.6 Å². The van der Waals surface area contributed by atoms with Crippen LogP contribution >= 0.6 is 0 Å². The van der Waals surface area contributed by atoms with Crippen molar-refractivity contribution in [1.29, 1.82) is 0 Å². The standard InChI is InChI=1S/C17H31NO2/c1-3-9-17(16(19)20)10-4-11-18(13-17)12-15-7-5-14(2)6-8-15/h14-15H,3-13H2,1-2H3,(H,19,20). The molecule has 2 fully saturated rings. The SMILES string of the molecule is CCCC1(C(=O)O)CCCN(CC2CCC(C)CC2)C1. The van der Waals surface area contributed by atoms with Crippen molar-refractivity contribution in [2.24, 2.45) is 17.3 Å². The zero-order valence-electron chi connectivity index (χ0n) is 13.2. The second kappa shape index (κ2) is 6.93. The third-order valence-electron chi connectivity index (χ3n) is 5.49. The van der Waals surface area contributed by atoms with Crippen molar-refractivity contribution in [3.05, 3.63) is 0 Å². The predicted molar refractivity (Wildman–Crippen MR) is 81.8 cm³/mol. The molecule has 2 aliphatic rings. The molecule has 116 valence electrons. The molecule has 0 spiro atoms. The molecule has 0 aromatic heterocycles. The number of likely N-dealkylation sites (tertiary alicyclic amines) is 1. The average molecular weight is 281 g/mol. The Labute approximate surface area is 123 Å². The molecule has 1 heterocycles. The summed E-state index contributed by atoms with van der Waals surface area (Å²) in [6.45, 7) is 7.47. The van der Waals surface area contributed by atoms with Gasteiger partial charge in [-0.05, 0) is 50.5 Å². The van der Waals surface area contributed by atoms with Crippen LogP contribution in [0.25, 0.3) is 0 Å². The van der Waals surface area contributed by atoms with Gasteiger partial charge in [-0.1, -0.05) is 33.1 Å². The van der Waals surface area contributed by atoms with Crippen LogP contribution in [0.5, 0.6) is 0 Å². The zero-order chi connectivity index (χ0) is 14.6. The summed E-state index contributed by atoms with van der Waals surface area (Å²) in [6.07, 6.45) is 9.12. The van der Waals surface area contributed by atoms with Crippen molar-refractivity contribution in [2.45, 2.75) is 65.2 Å². The average Bonchev–Trinajstić information content (AvgIpc) is 2.42. The Bertz CT molecular complexity index is 319. The molecule has 3 heteroatoms. The maximum Gasteiger partial charge on any atom is 0.310 e. The maximum absolute atomic E-state index is 11.7. The number of nitrogens with zero attached hydrogens (tertiary/aromatic N) is 1. The van der Waals surface area contributed by atoms with E-state index in [1.807, 2.05) is 0 Å². The summed E-state index contributed by atoms with van der Waals surface area (Å²) in [5.74, 6) is 1.13. The van der Waals surface area contributed by atoms with Gasteiger partial charge in [-0.2, -0.15) is 0 Å². The minimum atomic E-state index is -0.568. The van der Waals surface area contributed by atoms with Gasteiger partial charge in [0.1, 0.15) is 0 Å². The lowest BCUT2D eigenvalue weighted by atomic mass is 9.75. The highest BCUT2D eigenvalue weighted by molar-refractivity contribution is 5.75. The van der Waals surface area contributed by atoms with Gasteiger partial charge < -0.3 is 10.0 Å². The molecule has 1 saturated heterocycles. The van der Waals surface area contributed by atoms with Gasteiger partial charge in [0.25, 0.3) is 0 Å². The van der Waals surface area contributed by atoms with Gasteiger partial charge in [-0.15, -0.1) is 0 Å². The predicted octanol–water partition coefficient (Wildman–Crippen LogP) is 3.78. The van der Waals surface area contributed by atoms with Crippen LogP contribution in [0.4, 0.5) is 0 Å². The molecular formula is C17H31NO2. The first-order valence-corrected chi connectivity index (χ1v) is 8.51. The fourth-order valence-corrected chi connectivity index (χ4v) is 4.22. The molecule has 0 aromatic carbocycles. The third-order valence-corrected chi connectivity index (χ3v) is 5.49. The molecule has 0 aromatic rings. The lowest BCUT2D eigenvalue weighted by Gasteiger charge is -2.42. The Morgan fingerprint density at radius 3 is 2.60 bits per heavy atom. The van der Waals surface area contributed by atoms with Crippen molar-refractivity contribution in [3.63, 3.8) is 0 Å². The Balaban J connectivity index is 1.90. The van der Waals surface area contributed by atoms with Crippen molar-refractivity contribution in [1.82, 2.24) is 4.90 Å². The maximum atomic E-state index is 11.7. The Morgan fingerprint density at radius 1 is 1.30 bits per heavy atom. The van der Waals surface area contributed by atoms with E-state index in [0.29, 0.717) is 0 Å². The van der Waals surface area contributed by atoms with Gasteiger partial charge in [-0.25, -0.2) is 0 Å². The van der Waals surface area contributed by atoms with Crippen molar-refractivity contribution < 1.29 is 9.90 Å². The summed E-state index contributed by atoms with van der Waals surface area (Å²) in [5.41, 5.74) is -0.463. The zero-order valence-corrected chi connectivity index (χ0v) is 13.2. The molecule has 0 bridgehead atoms. The van der Waals surface area contributed by atoms with E-state index in [0.717, 1.165) is 57.2 Å². The van der Waals surface area contributed by atoms with Gasteiger partial charge in [0.05, 0.1) is 5.41 Å². The highest BCUT2D eigenvalue weighted by atomic mass is 16.4. The number of carboxylic acids is 1. The molecule has 0 radical (unpaired) electrons. The summed E-state index contributed by atoms with van der Waals surface area (Å²) in [6, 6.07) is 0. The normalized spacial score (nSPS) is 35.9. The quantitative estimate of drug-likeness (QED) is 0.833. The highest BCUT2D eigenvalue weighted by Crippen LogP contribution is 2.36. The first kappa shape index (κ1) is 15.8. The van der Waals surface area contributed by atoms with Crippen molar-refractivity contribution in [2.75, 3.05) is 19.6 Å². The second-order valence-corrected chi connectivity index (χ2v) is 7.30. The minimum absolute atomic E-state index is 0.463. The van der Waals surface area contributed by atoms with E-state index in [2.05, 4.69) is 18.7 Å². The Morgan fingerprint density at radius 2 is 2.00 bits per heavy atom. The Hall–Kier alpha value is -0.570. The van der Waals surface area contributed by atoms with E-state index >= 15 is 0 Å². The summed E-state index contributed by atoms with van der Waals surface area (Å²) in [4.78, 5) is 14.2. The topological polar surface area (TPSA) is 40.5 Å². The van der Waals surface area contributed by atoms with Crippen LogP contribution in [0.2, 0.25) is 0 Å². The molecule has 1 saturated carbocycles. The number of piperidine rings is 1. The van der Waals surface area contributed by atoms with Crippen LogP contribution in [-0.2, 0) is 4.79 Å². The fourth-order valence-electron chi connectivity index (χ4n) is 4.22. The number of hydrogen-bond donors (Lipinski definition) is 1. The van der Waals surface area contributed by atoms with Gasteiger partial charge in [0.15, 0.2) is 0 Å². The molecule has 1 N–H and O–H groups in total. The summed E-state index contributed by atoms with van der Waals surface area (Å²) >= 11 is 0. The lowest BCUT2D eigenvalue weighted by molar-refractivity contribution is -0.153. The molecule has 1 unspecified atom stereocenters. The minimum Gasteiger partial charge on any atom is -0.481 e. The lowest BCUT2D eigenvalue weighted by Crippen LogP contribution is -2.49. The van der Waals surface area contributed by atoms with E-state index in [1.165, 1.54) is 25.7 Å². The summed E-state index contributed by atoms with van der Waals surface area (Å²) in [5, 5.41) is 9.65. The molecule has 3 nitrogen and oxygen atoms in total. The van der Waals surface area contributed by atoms with Crippen LogP contribution in [0, 0.1) is 17.3 Å². The third kappa shape index (κ3) is 3.75. The number of rotatable bonds is 5. The van der Waals surface area contributed by atoms with Crippen LogP contribution in [0.15, 0.2) is 0 Å². The van der Waals surface area contributed by atoms with Gasteiger partial charge in [0, 0.05) is 13.1 Å². The number of carbonyl (C=O) groups is 1. The monoisotopic (exact) mass is 281 g/mol. The van der Waals surface area contributed by atoms with Gasteiger partial charge in [0.2, 0.25) is 0 Å². The van der Waals surface area contributed by atoms with E-state index in [-0.39, 0.29) is 0 Å². The second-order valence-electron chi connectivity index (χ2n) is 7.30. The Kier molecular flexibility index (Phi) is 5.48. The highest BCUT2D eigenvalue weighted by Gasteiger charge is 2.41. The smallest absolute Gasteiger partial charge is 0.310 e. The largest absolute Gasteiger partial charge is 0.481 e.